The quantitative estimate of drug-likeness (QED) is 0.786. The van der Waals surface area contributed by atoms with Crippen LogP contribution in [0.2, 0.25) is 0 Å². The number of rotatable bonds is 3. The van der Waals surface area contributed by atoms with E-state index in [-0.39, 0.29) is 5.56 Å². The highest BCUT2D eigenvalue weighted by molar-refractivity contribution is 7.92. The first kappa shape index (κ1) is 19.0. The van der Waals surface area contributed by atoms with E-state index < -0.39 is 61.1 Å². The third-order valence-electron chi connectivity index (χ3n) is 3.76. The highest BCUT2D eigenvalue weighted by atomic mass is 32.2. The van der Waals surface area contributed by atoms with E-state index in [1.807, 2.05) is 0 Å². The van der Waals surface area contributed by atoms with Crippen molar-refractivity contribution in [2.24, 2.45) is 0 Å². The van der Waals surface area contributed by atoms with Gasteiger partial charge in [0.15, 0.2) is 6.10 Å². The van der Waals surface area contributed by atoms with E-state index in [4.69, 9.17) is 10.00 Å². The summed E-state index contributed by atoms with van der Waals surface area (Å²) >= 11 is 0. The first-order valence-corrected chi connectivity index (χ1v) is 8.49. The van der Waals surface area contributed by atoms with Gasteiger partial charge in [-0.1, -0.05) is 0 Å². The maximum Gasteiger partial charge on any atom is 0.379 e. The molecule has 12 heteroatoms. The van der Waals surface area contributed by atoms with Crippen LogP contribution in [0.4, 0.5) is 22.0 Å². The number of halogens is 5. The Morgan fingerprint density at radius 3 is 2.56 bits per heavy atom. The van der Waals surface area contributed by atoms with Crippen LogP contribution in [0, 0.1) is 17.1 Å². The summed E-state index contributed by atoms with van der Waals surface area (Å²) in [7, 11) is -5.43. The number of alkyl halides is 4. The number of benzene rings is 1. The number of nitrogens with zero attached hydrogens (tertiary/aromatic N) is 2. The summed E-state index contributed by atoms with van der Waals surface area (Å²) in [6.45, 7) is 0. The fraction of sp³-hybridized carbons (Fsp3) is 0.200. The Hall–Kier alpha value is -2.78. The normalized spacial score (nSPS) is 19.6. The Morgan fingerprint density at radius 2 is 1.96 bits per heavy atom. The minimum absolute atomic E-state index is 0.223. The van der Waals surface area contributed by atoms with Gasteiger partial charge in [-0.3, -0.25) is 0 Å². The lowest BCUT2D eigenvalue weighted by Gasteiger charge is -2.16. The third-order valence-corrected chi connectivity index (χ3v) is 5.60. The molecule has 1 aromatic heterocycles. The number of pyridine rings is 1. The van der Waals surface area contributed by atoms with Gasteiger partial charge in [0.2, 0.25) is 15.7 Å². The minimum Gasteiger partial charge on any atom is -0.438 e. The summed E-state index contributed by atoms with van der Waals surface area (Å²) in [4.78, 5) is 2.07. The van der Waals surface area contributed by atoms with Crippen molar-refractivity contribution in [2.45, 2.75) is 22.7 Å². The average Bonchev–Trinajstić information content (AvgIpc) is 2.71. The van der Waals surface area contributed by atoms with Gasteiger partial charge in [-0.25, -0.2) is 26.6 Å². The number of sulfone groups is 1. The minimum atomic E-state index is -5.43. The van der Waals surface area contributed by atoms with Gasteiger partial charge in [-0.2, -0.15) is 14.0 Å². The van der Waals surface area contributed by atoms with Crippen molar-refractivity contribution in [3.63, 3.8) is 0 Å². The molecule has 0 aliphatic carbocycles. The van der Waals surface area contributed by atoms with Crippen molar-refractivity contribution in [3.8, 4) is 17.7 Å². The Balaban J connectivity index is 2.20. The summed E-state index contributed by atoms with van der Waals surface area (Å²) in [5, 5.41) is 13.7. The zero-order valence-corrected chi connectivity index (χ0v) is 13.6. The number of ether oxygens (including phenoxy) is 1. The van der Waals surface area contributed by atoms with E-state index in [0.29, 0.717) is 12.3 Å². The topological polar surface area (TPSA) is 100 Å². The molecule has 0 fully saturated rings. The van der Waals surface area contributed by atoms with E-state index in [1.54, 1.807) is 6.07 Å². The lowest BCUT2D eigenvalue weighted by molar-refractivity contribution is -0.0392. The first-order chi connectivity index (χ1) is 12.5. The van der Waals surface area contributed by atoms with Crippen LogP contribution in [0.1, 0.15) is 29.2 Å². The smallest absolute Gasteiger partial charge is 0.379 e. The van der Waals surface area contributed by atoms with E-state index in [2.05, 4.69) is 4.98 Å². The predicted octanol–water partition coefficient (Wildman–Crippen LogP) is 3.24. The summed E-state index contributed by atoms with van der Waals surface area (Å²) < 4.78 is 96.6. The second-order valence-electron chi connectivity index (χ2n) is 5.41. The molecule has 1 aliphatic heterocycles. The fourth-order valence-corrected chi connectivity index (χ4v) is 3.96. The molecule has 0 bridgehead atoms. The van der Waals surface area contributed by atoms with Gasteiger partial charge in [0, 0.05) is 11.6 Å². The van der Waals surface area contributed by atoms with Crippen LogP contribution < -0.4 is 4.74 Å². The molecule has 6 nitrogen and oxygen atoms in total. The van der Waals surface area contributed by atoms with Crippen molar-refractivity contribution < 1.29 is 40.2 Å². The molecular weight excluding hydrogens is 399 g/mol. The Morgan fingerprint density at radius 1 is 1.30 bits per heavy atom. The van der Waals surface area contributed by atoms with E-state index in [9.17, 15) is 35.5 Å². The van der Waals surface area contributed by atoms with Crippen molar-refractivity contribution in [3.05, 3.63) is 46.9 Å². The Bertz CT molecular complexity index is 1080. The van der Waals surface area contributed by atoms with Crippen LogP contribution >= 0.6 is 0 Å². The lowest BCUT2D eigenvalue weighted by atomic mass is 10.0. The molecule has 142 valence electrons. The molecule has 3 rings (SSSR count). The van der Waals surface area contributed by atoms with Crippen LogP contribution in [0.25, 0.3) is 0 Å². The lowest BCUT2D eigenvalue weighted by Crippen LogP contribution is -2.28. The second-order valence-corrected chi connectivity index (χ2v) is 7.40. The molecule has 1 aromatic carbocycles. The van der Waals surface area contributed by atoms with E-state index >= 15 is 0 Å². The number of hydrogen-bond donors (Lipinski definition) is 1. The molecule has 27 heavy (non-hydrogen) atoms. The van der Waals surface area contributed by atoms with Crippen LogP contribution in [-0.2, 0) is 9.84 Å². The molecule has 1 N–H and O–H groups in total. The summed E-state index contributed by atoms with van der Waals surface area (Å²) in [6.07, 6.45) is -6.26. The third kappa shape index (κ3) is 2.79. The molecule has 0 amide bonds. The number of hydrogen-bond acceptors (Lipinski definition) is 6. The van der Waals surface area contributed by atoms with Crippen LogP contribution in [0.5, 0.6) is 11.6 Å². The number of aliphatic hydroxyl groups is 1. The Labute approximate surface area is 148 Å². The standard InChI is InChI=1S/C15H7F5N2O4S/c16-7-1-6(4-21)2-8(3-7)26-14-11(13(17)18)10-9(5-22-14)27(24,25)15(19,20)12(10)23/h1-3,5,12-13,23H. The van der Waals surface area contributed by atoms with Gasteiger partial charge in [0.25, 0.3) is 6.43 Å². The van der Waals surface area contributed by atoms with Crippen molar-refractivity contribution in [2.75, 3.05) is 0 Å². The van der Waals surface area contributed by atoms with Gasteiger partial charge in [0.1, 0.15) is 11.6 Å². The summed E-state index contributed by atoms with van der Waals surface area (Å²) in [5.74, 6) is -2.41. The number of fused-ring (bicyclic) bond motifs is 1. The molecule has 2 aromatic rings. The molecule has 0 radical (unpaired) electrons. The van der Waals surface area contributed by atoms with Crippen LogP contribution in [0.3, 0.4) is 0 Å². The monoisotopic (exact) mass is 406 g/mol. The van der Waals surface area contributed by atoms with Crippen molar-refractivity contribution in [1.29, 1.82) is 5.26 Å². The SMILES string of the molecule is N#Cc1cc(F)cc(Oc2ncc3c(c2C(F)F)C(O)C(F)(F)S3(=O)=O)c1. The zero-order valence-electron chi connectivity index (χ0n) is 12.8. The van der Waals surface area contributed by atoms with Gasteiger partial charge >= 0.3 is 5.25 Å². The molecule has 1 unspecified atom stereocenters. The highest BCUT2D eigenvalue weighted by Gasteiger charge is 2.62. The van der Waals surface area contributed by atoms with Crippen molar-refractivity contribution in [1.82, 2.24) is 4.98 Å². The van der Waals surface area contributed by atoms with E-state index in [1.165, 1.54) is 0 Å². The van der Waals surface area contributed by atoms with E-state index in [0.717, 1.165) is 12.1 Å². The molecule has 2 heterocycles. The van der Waals surface area contributed by atoms with Gasteiger partial charge in [0.05, 0.1) is 28.3 Å². The van der Waals surface area contributed by atoms with Crippen LogP contribution in [0.15, 0.2) is 29.3 Å². The number of aliphatic hydroxyl groups excluding tert-OH is 1. The largest absolute Gasteiger partial charge is 0.438 e. The number of aromatic nitrogens is 1. The summed E-state index contributed by atoms with van der Waals surface area (Å²) in [5.41, 5.74) is -2.83. The van der Waals surface area contributed by atoms with Gasteiger partial charge in [-0.05, 0) is 12.1 Å². The number of nitriles is 1. The molecule has 0 saturated heterocycles. The summed E-state index contributed by atoms with van der Waals surface area (Å²) in [6, 6.07) is 4.10. The molecule has 0 spiro atoms. The molecule has 0 saturated carbocycles. The molecular formula is C15H7F5N2O4S. The second kappa shape index (κ2) is 6.14. The maximum absolute atomic E-state index is 13.8. The zero-order chi connectivity index (χ0) is 20.1. The maximum atomic E-state index is 13.8. The van der Waals surface area contributed by atoms with Crippen LogP contribution in [-0.4, -0.2) is 23.8 Å². The van der Waals surface area contributed by atoms with Gasteiger partial charge in [-0.15, -0.1) is 0 Å². The molecule has 1 aliphatic rings. The fourth-order valence-electron chi connectivity index (χ4n) is 2.55. The van der Waals surface area contributed by atoms with Gasteiger partial charge < -0.3 is 9.84 Å². The van der Waals surface area contributed by atoms with Crippen molar-refractivity contribution >= 4 is 9.84 Å². The average molecular weight is 406 g/mol. The Kier molecular flexibility index (Phi) is 4.32. The first-order valence-electron chi connectivity index (χ1n) is 7.00. The molecule has 1 atom stereocenters. The highest BCUT2D eigenvalue weighted by Crippen LogP contribution is 2.53. The predicted molar refractivity (Wildman–Crippen MR) is 77.5 cm³/mol.